The third-order valence-corrected chi connectivity index (χ3v) is 1.73. The quantitative estimate of drug-likeness (QED) is 0.591. The molecule has 0 saturated carbocycles. The molecule has 0 spiro atoms. The Morgan fingerprint density at radius 3 is 2.54 bits per heavy atom. The number of carboxylic acid groups (broad SMARTS) is 1. The molecule has 2 N–H and O–H groups in total. The molecule has 0 aliphatic rings. The van der Waals surface area contributed by atoms with Crippen molar-refractivity contribution in [2.24, 2.45) is 0 Å². The molecule has 0 bridgehead atoms. The Bertz CT molecular complexity index is 144. The molecule has 0 aliphatic carbocycles. The molecule has 0 fully saturated rings. The molecule has 0 radical (unpaired) electrons. The molecule has 4 heteroatoms. The van der Waals surface area contributed by atoms with Gasteiger partial charge in [-0.2, -0.15) is 0 Å². The van der Waals surface area contributed by atoms with Crippen molar-refractivity contribution >= 4 is 5.97 Å². The molecule has 0 aliphatic heterocycles. The van der Waals surface area contributed by atoms with Crippen molar-refractivity contribution in [3.8, 4) is 0 Å². The minimum atomic E-state index is -0.846. The van der Waals surface area contributed by atoms with E-state index in [1.165, 1.54) is 0 Å². The van der Waals surface area contributed by atoms with Crippen molar-refractivity contribution < 1.29 is 14.6 Å². The van der Waals surface area contributed by atoms with Crippen molar-refractivity contribution in [1.82, 2.24) is 5.32 Å². The van der Waals surface area contributed by atoms with Crippen LogP contribution in [0.3, 0.4) is 0 Å². The fourth-order valence-corrected chi connectivity index (χ4v) is 1.03. The second kappa shape index (κ2) is 6.86. The van der Waals surface area contributed by atoms with Gasteiger partial charge >= 0.3 is 5.97 Å². The van der Waals surface area contributed by atoms with Gasteiger partial charge in [-0.3, -0.25) is 10.1 Å². The van der Waals surface area contributed by atoms with Crippen LogP contribution in [0.4, 0.5) is 0 Å². The van der Waals surface area contributed by atoms with Crippen LogP contribution in [0.5, 0.6) is 0 Å². The fourth-order valence-electron chi connectivity index (χ4n) is 1.03. The van der Waals surface area contributed by atoms with Crippen molar-refractivity contribution in [3.05, 3.63) is 0 Å². The zero-order valence-corrected chi connectivity index (χ0v) is 8.54. The molecule has 4 nitrogen and oxygen atoms in total. The molecule has 78 valence electrons. The average Bonchev–Trinajstić information content (AvgIpc) is 2.05. The van der Waals surface area contributed by atoms with Gasteiger partial charge < -0.3 is 9.84 Å². The third kappa shape index (κ3) is 5.60. The van der Waals surface area contributed by atoms with Crippen LogP contribution in [0.1, 0.15) is 33.6 Å². The van der Waals surface area contributed by atoms with E-state index >= 15 is 0 Å². The van der Waals surface area contributed by atoms with Crippen molar-refractivity contribution in [2.45, 2.75) is 45.9 Å². The maximum absolute atomic E-state index is 10.5. The van der Waals surface area contributed by atoms with Gasteiger partial charge in [-0.1, -0.05) is 13.3 Å². The Morgan fingerprint density at radius 1 is 1.54 bits per heavy atom. The first-order valence-electron chi connectivity index (χ1n) is 4.72. The van der Waals surface area contributed by atoms with Crippen LogP contribution in [0.25, 0.3) is 0 Å². The summed E-state index contributed by atoms with van der Waals surface area (Å²) < 4.78 is 5.33. The fraction of sp³-hybridized carbons (Fsp3) is 0.889. The van der Waals surface area contributed by atoms with Gasteiger partial charge in [-0.05, 0) is 20.3 Å². The van der Waals surface area contributed by atoms with Crippen molar-refractivity contribution in [2.75, 3.05) is 6.61 Å². The summed E-state index contributed by atoms with van der Waals surface area (Å²) in [6.07, 6.45) is 1.68. The summed E-state index contributed by atoms with van der Waals surface area (Å²) >= 11 is 0. The predicted molar refractivity (Wildman–Crippen MR) is 50.6 cm³/mol. The number of aliphatic carboxylic acids is 1. The molecule has 13 heavy (non-hydrogen) atoms. The summed E-state index contributed by atoms with van der Waals surface area (Å²) in [5.41, 5.74) is 0. The molecule has 0 heterocycles. The largest absolute Gasteiger partial charge is 0.480 e. The molecular formula is C9H19NO3. The lowest BCUT2D eigenvalue weighted by molar-refractivity contribution is -0.140. The summed E-state index contributed by atoms with van der Waals surface area (Å²) in [4.78, 5) is 10.5. The van der Waals surface area contributed by atoms with E-state index in [0.29, 0.717) is 6.61 Å². The van der Waals surface area contributed by atoms with Gasteiger partial charge in [0.15, 0.2) is 0 Å². The topological polar surface area (TPSA) is 58.6 Å². The SMILES string of the molecule is CCC[C@H](N[C@@H](C)C(=O)O)OCC. The lowest BCUT2D eigenvalue weighted by Gasteiger charge is -2.20. The van der Waals surface area contributed by atoms with Crippen LogP contribution in [0.15, 0.2) is 0 Å². The van der Waals surface area contributed by atoms with Gasteiger partial charge in [0, 0.05) is 6.61 Å². The summed E-state index contributed by atoms with van der Waals surface area (Å²) in [6, 6.07) is -0.553. The minimum absolute atomic E-state index is 0.138. The second-order valence-electron chi connectivity index (χ2n) is 2.96. The van der Waals surface area contributed by atoms with Crippen LogP contribution < -0.4 is 5.32 Å². The van der Waals surface area contributed by atoms with E-state index in [0.717, 1.165) is 12.8 Å². The number of rotatable bonds is 7. The van der Waals surface area contributed by atoms with E-state index in [2.05, 4.69) is 5.32 Å². The number of carbonyl (C=O) groups is 1. The summed E-state index contributed by atoms with van der Waals surface area (Å²) in [7, 11) is 0. The number of ether oxygens (including phenoxy) is 1. The van der Waals surface area contributed by atoms with E-state index in [1.807, 2.05) is 13.8 Å². The molecular weight excluding hydrogens is 170 g/mol. The highest BCUT2D eigenvalue weighted by Gasteiger charge is 2.15. The molecule has 0 amide bonds. The molecule has 0 unspecified atom stereocenters. The average molecular weight is 189 g/mol. The zero-order valence-electron chi connectivity index (χ0n) is 8.54. The Kier molecular flexibility index (Phi) is 6.54. The number of nitrogens with one attached hydrogen (secondary N) is 1. The smallest absolute Gasteiger partial charge is 0.320 e. The first-order chi connectivity index (χ1) is 6.11. The normalized spacial score (nSPS) is 15.3. The Labute approximate surface area is 79.3 Å². The number of hydrogen-bond donors (Lipinski definition) is 2. The maximum atomic E-state index is 10.5. The molecule has 0 aromatic heterocycles. The first-order valence-corrected chi connectivity index (χ1v) is 4.72. The Balaban J connectivity index is 3.85. The van der Waals surface area contributed by atoms with E-state index in [9.17, 15) is 4.79 Å². The van der Waals surface area contributed by atoms with Crippen molar-refractivity contribution in [3.63, 3.8) is 0 Å². The van der Waals surface area contributed by atoms with Gasteiger partial charge in [-0.25, -0.2) is 0 Å². The minimum Gasteiger partial charge on any atom is -0.480 e. The molecule has 0 aromatic carbocycles. The zero-order chi connectivity index (χ0) is 10.3. The van der Waals surface area contributed by atoms with Gasteiger partial charge in [0.05, 0.1) is 0 Å². The number of hydrogen-bond acceptors (Lipinski definition) is 3. The molecule has 0 saturated heterocycles. The molecule has 0 aromatic rings. The van der Waals surface area contributed by atoms with Crippen LogP contribution >= 0.6 is 0 Å². The Morgan fingerprint density at radius 2 is 2.15 bits per heavy atom. The first kappa shape index (κ1) is 12.4. The van der Waals surface area contributed by atoms with Crippen LogP contribution in [-0.2, 0) is 9.53 Å². The lowest BCUT2D eigenvalue weighted by atomic mass is 10.2. The monoisotopic (exact) mass is 189 g/mol. The highest BCUT2D eigenvalue weighted by atomic mass is 16.5. The molecule has 2 atom stereocenters. The maximum Gasteiger partial charge on any atom is 0.320 e. The van der Waals surface area contributed by atoms with E-state index in [4.69, 9.17) is 9.84 Å². The van der Waals surface area contributed by atoms with Crippen molar-refractivity contribution in [1.29, 1.82) is 0 Å². The summed E-state index contributed by atoms with van der Waals surface area (Å²) in [5.74, 6) is -0.846. The van der Waals surface area contributed by atoms with Crippen LogP contribution in [-0.4, -0.2) is 30.0 Å². The van der Waals surface area contributed by atoms with Gasteiger partial charge in [0.1, 0.15) is 12.3 Å². The van der Waals surface area contributed by atoms with E-state index < -0.39 is 12.0 Å². The lowest BCUT2D eigenvalue weighted by Crippen LogP contribution is -2.42. The summed E-state index contributed by atoms with van der Waals surface area (Å²) in [6.45, 7) is 6.16. The third-order valence-electron chi connectivity index (χ3n) is 1.73. The van der Waals surface area contributed by atoms with Gasteiger partial charge in [-0.15, -0.1) is 0 Å². The highest BCUT2D eigenvalue weighted by Crippen LogP contribution is 2.00. The molecule has 0 rings (SSSR count). The van der Waals surface area contributed by atoms with Gasteiger partial charge in [0.2, 0.25) is 0 Å². The Hall–Kier alpha value is -0.610. The van der Waals surface area contributed by atoms with Gasteiger partial charge in [0.25, 0.3) is 0 Å². The van der Waals surface area contributed by atoms with E-state index in [1.54, 1.807) is 6.92 Å². The van der Waals surface area contributed by atoms with E-state index in [-0.39, 0.29) is 6.23 Å². The number of carboxylic acids is 1. The van der Waals surface area contributed by atoms with Crippen LogP contribution in [0.2, 0.25) is 0 Å². The predicted octanol–water partition coefficient (Wildman–Crippen LogP) is 1.21. The standard InChI is InChI=1S/C9H19NO3/c1-4-6-8(13-5-2)10-7(3)9(11)12/h7-8,10H,4-6H2,1-3H3,(H,11,12)/t7-,8+/m0/s1. The second-order valence-corrected chi connectivity index (χ2v) is 2.96. The highest BCUT2D eigenvalue weighted by molar-refractivity contribution is 5.72. The summed E-state index contributed by atoms with van der Waals surface area (Å²) in [5, 5.41) is 11.5. The van der Waals surface area contributed by atoms with Crippen LogP contribution in [0, 0.1) is 0 Å².